The number of nitrogens with zero attached hydrogens (tertiary/aromatic N) is 3. The second kappa shape index (κ2) is 11.3. The van der Waals surface area contributed by atoms with Crippen LogP contribution in [0.25, 0.3) is 16.6 Å². The summed E-state index contributed by atoms with van der Waals surface area (Å²) in [4.78, 5) is 57.5. The number of carbonyl (C=O) groups excluding carboxylic acids is 3. The van der Waals surface area contributed by atoms with Crippen LogP contribution in [-0.4, -0.2) is 76.5 Å². The molecule has 2 aromatic heterocycles. The lowest BCUT2D eigenvalue weighted by molar-refractivity contribution is 0.0816. The van der Waals surface area contributed by atoms with Crippen molar-refractivity contribution in [1.29, 1.82) is 0 Å². The van der Waals surface area contributed by atoms with E-state index in [1.165, 1.54) is 15.5 Å². The van der Waals surface area contributed by atoms with Crippen molar-refractivity contribution in [2.75, 3.05) is 27.2 Å². The Labute approximate surface area is 235 Å². The molecule has 1 aliphatic rings. The van der Waals surface area contributed by atoms with Crippen molar-refractivity contribution in [2.24, 2.45) is 0 Å². The Hall–Kier alpha value is -4.57. The highest BCUT2D eigenvalue weighted by atomic mass is 35.5. The summed E-state index contributed by atoms with van der Waals surface area (Å²) in [6.45, 7) is 0.664. The number of H-pyrrole nitrogens is 1. The molecule has 4 amide bonds. The molecular weight excluding hydrogens is 532 g/mol. The van der Waals surface area contributed by atoms with Gasteiger partial charge in [-0.25, -0.2) is 4.79 Å². The van der Waals surface area contributed by atoms with Crippen LogP contribution in [0.3, 0.4) is 0 Å². The van der Waals surface area contributed by atoms with Gasteiger partial charge in [0, 0.05) is 73.4 Å². The van der Waals surface area contributed by atoms with Crippen LogP contribution in [0.2, 0.25) is 5.02 Å². The van der Waals surface area contributed by atoms with Crippen molar-refractivity contribution in [3.8, 4) is 5.69 Å². The second-order valence-corrected chi connectivity index (χ2v) is 10.3. The largest absolute Gasteiger partial charge is 0.360 e. The highest BCUT2D eigenvalue weighted by Crippen LogP contribution is 2.24. The number of benzene rings is 2. The molecule has 0 spiro atoms. The number of amides is 4. The minimum absolute atomic E-state index is 0.168. The number of likely N-dealkylation sites (tertiary alicyclic amines) is 1. The number of nitrogens with one attached hydrogen (secondary N) is 3. The normalized spacial score (nSPS) is 16.9. The van der Waals surface area contributed by atoms with Gasteiger partial charge in [-0.15, -0.1) is 0 Å². The summed E-state index contributed by atoms with van der Waals surface area (Å²) in [5.41, 5.74) is 2.05. The van der Waals surface area contributed by atoms with Gasteiger partial charge in [0.2, 0.25) is 0 Å². The van der Waals surface area contributed by atoms with Crippen LogP contribution in [0, 0.1) is 0 Å². The summed E-state index contributed by atoms with van der Waals surface area (Å²) in [5.74, 6) is -0.639. The van der Waals surface area contributed by atoms with E-state index in [-0.39, 0.29) is 29.9 Å². The van der Waals surface area contributed by atoms with Gasteiger partial charge in [0.25, 0.3) is 17.4 Å². The van der Waals surface area contributed by atoms with E-state index < -0.39 is 12.1 Å². The van der Waals surface area contributed by atoms with Crippen LogP contribution in [0.15, 0.2) is 77.9 Å². The van der Waals surface area contributed by atoms with Gasteiger partial charge < -0.3 is 25.4 Å². The lowest BCUT2D eigenvalue weighted by Gasteiger charge is -2.40. The number of hydrogen-bond acceptors (Lipinski definition) is 4. The van der Waals surface area contributed by atoms with E-state index in [1.807, 2.05) is 0 Å². The molecular formula is C29H29ClN6O4. The van der Waals surface area contributed by atoms with E-state index >= 15 is 0 Å². The number of aromatic nitrogens is 2. The molecule has 206 valence electrons. The molecule has 2 aromatic carbocycles. The van der Waals surface area contributed by atoms with Crippen LogP contribution < -0.4 is 16.2 Å². The fourth-order valence-electron chi connectivity index (χ4n) is 4.88. The maximum absolute atomic E-state index is 13.3. The molecule has 1 fully saturated rings. The second-order valence-electron chi connectivity index (χ2n) is 9.92. The zero-order valence-corrected chi connectivity index (χ0v) is 22.8. The van der Waals surface area contributed by atoms with E-state index in [0.29, 0.717) is 34.8 Å². The average Bonchev–Trinajstić information content (AvgIpc) is 3.33. The Morgan fingerprint density at radius 3 is 2.38 bits per heavy atom. The molecule has 2 atom stereocenters. The molecule has 11 heteroatoms. The van der Waals surface area contributed by atoms with Crippen LogP contribution in [0.1, 0.15) is 27.1 Å². The van der Waals surface area contributed by atoms with E-state index in [0.717, 1.165) is 10.9 Å². The van der Waals surface area contributed by atoms with Gasteiger partial charge in [-0.3, -0.25) is 19.0 Å². The first-order chi connectivity index (χ1) is 19.2. The zero-order chi connectivity index (χ0) is 28.4. The van der Waals surface area contributed by atoms with E-state index in [9.17, 15) is 19.2 Å². The number of urea groups is 1. The zero-order valence-electron chi connectivity index (χ0n) is 22.1. The van der Waals surface area contributed by atoms with Gasteiger partial charge in [0.15, 0.2) is 0 Å². The molecule has 0 bridgehead atoms. The Morgan fingerprint density at radius 1 is 0.950 bits per heavy atom. The molecule has 3 N–H and O–H groups in total. The van der Waals surface area contributed by atoms with Gasteiger partial charge >= 0.3 is 6.03 Å². The monoisotopic (exact) mass is 560 g/mol. The van der Waals surface area contributed by atoms with Crippen LogP contribution in [0.4, 0.5) is 4.79 Å². The third kappa shape index (κ3) is 5.57. The predicted octanol–water partition coefficient (Wildman–Crippen LogP) is 3.26. The number of aromatic amines is 1. The maximum atomic E-state index is 13.3. The molecule has 1 saturated heterocycles. The van der Waals surface area contributed by atoms with Gasteiger partial charge in [0.05, 0.1) is 17.1 Å². The fourth-order valence-corrected chi connectivity index (χ4v) is 5.10. The highest BCUT2D eigenvalue weighted by Gasteiger charge is 2.34. The number of halogens is 1. The molecule has 10 nitrogen and oxygen atoms in total. The van der Waals surface area contributed by atoms with Gasteiger partial charge in [-0.05, 0) is 48.9 Å². The Balaban J connectivity index is 1.33. The number of piperidine rings is 1. The third-order valence-electron chi connectivity index (χ3n) is 7.02. The molecule has 5 rings (SSSR count). The van der Waals surface area contributed by atoms with E-state index in [1.54, 1.807) is 86.0 Å². The Morgan fingerprint density at radius 2 is 1.65 bits per heavy atom. The summed E-state index contributed by atoms with van der Waals surface area (Å²) < 4.78 is 1.49. The van der Waals surface area contributed by atoms with E-state index in [4.69, 9.17) is 11.6 Å². The Bertz CT molecular complexity index is 1630. The fraction of sp³-hybridized carbons (Fsp3) is 0.241. The lowest BCUT2D eigenvalue weighted by atomic mass is 9.98. The van der Waals surface area contributed by atoms with Crippen LogP contribution in [0.5, 0.6) is 0 Å². The van der Waals surface area contributed by atoms with Crippen LogP contribution >= 0.6 is 11.6 Å². The smallest absolute Gasteiger partial charge is 0.319 e. The predicted molar refractivity (Wildman–Crippen MR) is 153 cm³/mol. The van der Waals surface area contributed by atoms with Crippen molar-refractivity contribution in [2.45, 2.75) is 18.5 Å². The van der Waals surface area contributed by atoms with Gasteiger partial charge in [0.1, 0.15) is 0 Å². The standard InChI is InChI=1S/C29H29ClN6O4/c1-34(2)29(40)35-14-12-23(25(17-35)33-28(39)19-8-11-21-22(30)16-31-24(21)15-19)32-27(38)18-6-9-20(10-7-18)36-13-4-3-5-26(36)37/h3-11,13,15-16,23,25,31H,12,14,17H2,1-2H3,(H,32,38)(H,33,39)/t23-,25+/m1/s1. The van der Waals surface area contributed by atoms with Crippen molar-refractivity contribution < 1.29 is 14.4 Å². The number of rotatable bonds is 5. The summed E-state index contributed by atoms with van der Waals surface area (Å²) >= 11 is 6.17. The summed E-state index contributed by atoms with van der Waals surface area (Å²) in [6, 6.07) is 15.7. The molecule has 3 heterocycles. The number of carbonyl (C=O) groups is 3. The minimum Gasteiger partial charge on any atom is -0.360 e. The first-order valence-corrected chi connectivity index (χ1v) is 13.2. The molecule has 0 aliphatic carbocycles. The average molecular weight is 561 g/mol. The number of hydrogen-bond donors (Lipinski definition) is 3. The highest BCUT2D eigenvalue weighted by molar-refractivity contribution is 6.35. The van der Waals surface area contributed by atoms with Crippen molar-refractivity contribution >= 4 is 40.3 Å². The van der Waals surface area contributed by atoms with Crippen molar-refractivity contribution in [3.05, 3.63) is 99.6 Å². The lowest BCUT2D eigenvalue weighted by Crippen LogP contribution is -2.62. The summed E-state index contributed by atoms with van der Waals surface area (Å²) in [7, 11) is 3.35. The quantitative estimate of drug-likeness (QED) is 0.347. The maximum Gasteiger partial charge on any atom is 0.319 e. The molecule has 0 unspecified atom stereocenters. The van der Waals surface area contributed by atoms with Crippen molar-refractivity contribution in [3.63, 3.8) is 0 Å². The number of fused-ring (bicyclic) bond motifs is 1. The summed E-state index contributed by atoms with van der Waals surface area (Å²) in [6.07, 6.45) is 3.78. The number of pyridine rings is 1. The molecule has 1 aliphatic heterocycles. The third-order valence-corrected chi connectivity index (χ3v) is 7.34. The topological polar surface area (TPSA) is 120 Å². The first-order valence-electron chi connectivity index (χ1n) is 12.8. The van der Waals surface area contributed by atoms with Crippen molar-refractivity contribution in [1.82, 2.24) is 30.0 Å². The molecule has 0 radical (unpaired) electrons. The minimum atomic E-state index is -0.529. The van der Waals surface area contributed by atoms with Gasteiger partial charge in [-0.1, -0.05) is 23.7 Å². The van der Waals surface area contributed by atoms with E-state index in [2.05, 4.69) is 15.6 Å². The first kappa shape index (κ1) is 27.0. The Kier molecular flexibility index (Phi) is 7.61. The summed E-state index contributed by atoms with van der Waals surface area (Å²) in [5, 5.41) is 7.44. The molecule has 4 aromatic rings. The van der Waals surface area contributed by atoms with Crippen LogP contribution in [-0.2, 0) is 0 Å². The molecule has 40 heavy (non-hydrogen) atoms. The van der Waals surface area contributed by atoms with Gasteiger partial charge in [-0.2, -0.15) is 0 Å². The molecule has 0 saturated carbocycles. The SMILES string of the molecule is CN(C)C(=O)N1CC[C@@H](NC(=O)c2ccc(-n3ccccc3=O)cc2)[C@@H](NC(=O)c2ccc3c(Cl)c[nH]c3c2)C1.